The predicted molar refractivity (Wildman–Crippen MR) is 97.5 cm³/mol. The second-order valence-electron chi connectivity index (χ2n) is 6.33. The molecule has 0 radical (unpaired) electrons. The number of amides is 3. The van der Waals surface area contributed by atoms with Gasteiger partial charge in [-0.2, -0.15) is 0 Å². The van der Waals surface area contributed by atoms with Gasteiger partial charge in [0.1, 0.15) is 6.20 Å². The van der Waals surface area contributed by atoms with Gasteiger partial charge >= 0.3 is 5.00 Å². The molecule has 1 aromatic heterocycles. The van der Waals surface area contributed by atoms with Crippen molar-refractivity contribution in [2.45, 2.75) is 18.9 Å². The van der Waals surface area contributed by atoms with E-state index in [1.54, 1.807) is 0 Å². The molecule has 2 aliphatic heterocycles. The molecule has 2 aliphatic rings. The first kappa shape index (κ1) is 18.2. The van der Waals surface area contributed by atoms with E-state index in [1.807, 2.05) is 0 Å². The molecule has 0 bridgehead atoms. The minimum absolute atomic E-state index is 0.0691. The maximum atomic E-state index is 12.6. The minimum atomic E-state index is -0.602. The highest BCUT2D eigenvalue weighted by molar-refractivity contribution is 7.18. The largest absolute Gasteiger partial charge is 0.376 e. The van der Waals surface area contributed by atoms with Crippen molar-refractivity contribution in [2.24, 2.45) is 0 Å². The lowest BCUT2D eigenvalue weighted by atomic mass is 10.1. The van der Waals surface area contributed by atoms with E-state index in [9.17, 15) is 24.5 Å². The van der Waals surface area contributed by atoms with Crippen LogP contribution in [0.2, 0.25) is 0 Å². The molecule has 2 aromatic rings. The summed E-state index contributed by atoms with van der Waals surface area (Å²) in [5.41, 5.74) is 0.543. The summed E-state index contributed by atoms with van der Waals surface area (Å²) in [5, 5.41) is 13.0. The first-order valence-corrected chi connectivity index (χ1v) is 9.29. The summed E-state index contributed by atoms with van der Waals surface area (Å²) in [4.78, 5) is 52.6. The van der Waals surface area contributed by atoms with Crippen LogP contribution in [0.4, 0.5) is 10.1 Å². The van der Waals surface area contributed by atoms with Gasteiger partial charge in [0.25, 0.3) is 17.7 Å². The molecule has 11 heteroatoms. The van der Waals surface area contributed by atoms with Crippen molar-refractivity contribution in [2.75, 3.05) is 18.5 Å². The fourth-order valence-corrected chi connectivity index (χ4v) is 3.79. The van der Waals surface area contributed by atoms with E-state index in [-0.39, 0.29) is 39.5 Å². The van der Waals surface area contributed by atoms with Crippen molar-refractivity contribution in [1.29, 1.82) is 0 Å². The number of nitro groups is 1. The van der Waals surface area contributed by atoms with E-state index in [1.165, 1.54) is 18.2 Å². The van der Waals surface area contributed by atoms with Crippen molar-refractivity contribution in [3.63, 3.8) is 0 Å². The number of imide groups is 1. The monoisotopic (exact) mass is 402 g/mol. The van der Waals surface area contributed by atoms with E-state index in [4.69, 9.17) is 4.74 Å². The second-order valence-corrected chi connectivity index (χ2v) is 7.34. The van der Waals surface area contributed by atoms with Gasteiger partial charge in [0, 0.05) is 12.2 Å². The van der Waals surface area contributed by atoms with Gasteiger partial charge in [0.05, 0.1) is 28.7 Å². The molecule has 3 heterocycles. The van der Waals surface area contributed by atoms with Gasteiger partial charge in [-0.15, -0.1) is 0 Å². The van der Waals surface area contributed by atoms with E-state index in [0.29, 0.717) is 6.61 Å². The Morgan fingerprint density at radius 3 is 2.82 bits per heavy atom. The number of thiazole rings is 1. The molecule has 1 fully saturated rings. The number of hydrogen-bond acceptors (Lipinski definition) is 8. The van der Waals surface area contributed by atoms with Crippen molar-refractivity contribution < 1.29 is 24.0 Å². The lowest BCUT2D eigenvalue weighted by Gasteiger charge is -2.17. The second kappa shape index (κ2) is 7.09. The summed E-state index contributed by atoms with van der Waals surface area (Å²) < 4.78 is 5.49. The van der Waals surface area contributed by atoms with Crippen molar-refractivity contribution in [1.82, 2.24) is 9.88 Å². The first-order chi connectivity index (χ1) is 13.4. The molecule has 0 saturated carbocycles. The number of benzene rings is 1. The van der Waals surface area contributed by atoms with Crippen molar-refractivity contribution in [3.05, 3.63) is 51.2 Å². The average molecular weight is 402 g/mol. The number of nitrogens with one attached hydrogen (secondary N) is 1. The number of fused-ring (bicyclic) bond motifs is 1. The van der Waals surface area contributed by atoms with Crippen molar-refractivity contribution in [3.8, 4) is 0 Å². The molecule has 1 unspecified atom stereocenters. The van der Waals surface area contributed by atoms with Crippen LogP contribution in [-0.4, -0.2) is 51.8 Å². The normalized spacial score (nSPS) is 18.4. The number of anilines is 1. The Hall–Kier alpha value is -3.18. The van der Waals surface area contributed by atoms with Crippen LogP contribution in [0.5, 0.6) is 0 Å². The zero-order valence-electron chi connectivity index (χ0n) is 14.4. The first-order valence-electron chi connectivity index (χ1n) is 8.47. The molecule has 3 amide bonds. The quantitative estimate of drug-likeness (QED) is 0.460. The van der Waals surface area contributed by atoms with E-state index in [2.05, 4.69) is 10.3 Å². The highest BCUT2D eigenvalue weighted by atomic mass is 32.1. The maximum Gasteiger partial charge on any atom is 0.345 e. The number of carbonyl (C=O) groups excluding carboxylic acids is 3. The molecule has 1 aromatic carbocycles. The molecule has 144 valence electrons. The Balaban J connectivity index is 1.52. The third-order valence-corrected chi connectivity index (χ3v) is 5.40. The summed E-state index contributed by atoms with van der Waals surface area (Å²) in [7, 11) is 0. The SMILES string of the molecule is O=C(Nc1ncc([N+](=O)[O-])s1)c1ccc2c(c1)C(=O)N(CC1CCCO1)C2=O. The van der Waals surface area contributed by atoms with Gasteiger partial charge < -0.3 is 4.74 Å². The lowest BCUT2D eigenvalue weighted by Crippen LogP contribution is -2.36. The Kier molecular flexibility index (Phi) is 4.61. The minimum Gasteiger partial charge on any atom is -0.376 e. The molecular formula is C17H14N4O6S. The van der Waals surface area contributed by atoms with Crippen LogP contribution >= 0.6 is 11.3 Å². The van der Waals surface area contributed by atoms with Crippen LogP contribution < -0.4 is 5.32 Å². The van der Waals surface area contributed by atoms with Crippen molar-refractivity contribution >= 4 is 39.2 Å². The molecule has 0 aliphatic carbocycles. The number of rotatable bonds is 5. The maximum absolute atomic E-state index is 12.6. The molecule has 0 spiro atoms. The van der Waals surface area contributed by atoms with Gasteiger partial charge in [-0.1, -0.05) is 0 Å². The average Bonchev–Trinajstić information content (AvgIpc) is 3.40. The van der Waals surface area contributed by atoms with E-state index >= 15 is 0 Å². The number of nitrogens with zero attached hydrogens (tertiary/aromatic N) is 3. The Morgan fingerprint density at radius 1 is 1.36 bits per heavy atom. The topological polar surface area (TPSA) is 132 Å². The summed E-state index contributed by atoms with van der Waals surface area (Å²) >= 11 is 0.723. The number of aromatic nitrogens is 1. The fraction of sp³-hybridized carbons (Fsp3) is 0.294. The molecule has 1 atom stereocenters. The van der Waals surface area contributed by atoms with Gasteiger partial charge in [0.15, 0.2) is 5.13 Å². The lowest BCUT2D eigenvalue weighted by molar-refractivity contribution is -0.380. The smallest absolute Gasteiger partial charge is 0.345 e. The van der Waals surface area contributed by atoms with Gasteiger partial charge in [-0.25, -0.2) is 4.98 Å². The predicted octanol–water partition coefficient (Wildman–Crippen LogP) is 2.08. The number of hydrogen-bond donors (Lipinski definition) is 1. The summed E-state index contributed by atoms with van der Waals surface area (Å²) in [5.74, 6) is -1.45. The van der Waals surface area contributed by atoms with E-state index < -0.39 is 22.6 Å². The Labute approximate surface area is 162 Å². The Morgan fingerprint density at radius 2 is 2.14 bits per heavy atom. The molecule has 1 N–H and O–H groups in total. The Bertz CT molecular complexity index is 997. The summed E-state index contributed by atoms with van der Waals surface area (Å²) in [6, 6.07) is 4.21. The molecule has 4 rings (SSSR count). The third-order valence-electron chi connectivity index (χ3n) is 4.54. The molecule has 1 saturated heterocycles. The van der Waals surface area contributed by atoms with Crippen LogP contribution in [0.3, 0.4) is 0 Å². The van der Waals surface area contributed by atoms with Crippen LogP contribution in [-0.2, 0) is 4.74 Å². The number of ether oxygens (including phenoxy) is 1. The van der Waals surface area contributed by atoms with Crippen LogP contribution in [0.1, 0.15) is 43.9 Å². The van der Waals surface area contributed by atoms with Crippen LogP contribution in [0.15, 0.2) is 24.4 Å². The summed E-state index contributed by atoms with van der Waals surface area (Å²) in [6.45, 7) is 0.809. The zero-order valence-corrected chi connectivity index (χ0v) is 15.2. The van der Waals surface area contributed by atoms with Gasteiger partial charge in [-0.05, 0) is 42.4 Å². The highest BCUT2D eigenvalue weighted by Gasteiger charge is 2.38. The molecular weight excluding hydrogens is 388 g/mol. The molecule has 28 heavy (non-hydrogen) atoms. The van der Waals surface area contributed by atoms with Gasteiger partial charge in [-0.3, -0.25) is 34.7 Å². The summed E-state index contributed by atoms with van der Waals surface area (Å²) in [6.07, 6.45) is 2.58. The van der Waals surface area contributed by atoms with Crippen LogP contribution in [0.25, 0.3) is 0 Å². The standard InChI is InChI=1S/C17H14N4O6S/c22-14(19-17-18-7-13(28-17)21(25)26)9-3-4-11-12(6-9)16(24)20(15(11)23)8-10-2-1-5-27-10/h3-4,6-7,10H,1-2,5,8H2,(H,18,19,22). The highest BCUT2D eigenvalue weighted by Crippen LogP contribution is 2.28. The van der Waals surface area contributed by atoms with Gasteiger partial charge in [0.2, 0.25) is 0 Å². The molecule has 10 nitrogen and oxygen atoms in total. The van der Waals surface area contributed by atoms with Crippen LogP contribution in [0, 0.1) is 10.1 Å². The zero-order chi connectivity index (χ0) is 19.8. The third kappa shape index (κ3) is 3.25. The van der Waals surface area contributed by atoms with E-state index in [0.717, 1.165) is 35.3 Å². The number of carbonyl (C=O) groups is 3. The fourth-order valence-electron chi connectivity index (χ4n) is 3.17.